The Bertz CT molecular complexity index is 660. The van der Waals surface area contributed by atoms with E-state index in [0.717, 1.165) is 9.35 Å². The molecule has 0 fully saturated rings. The van der Waals surface area contributed by atoms with E-state index in [2.05, 4.69) is 31.9 Å². The molecule has 0 aliphatic heterocycles. The van der Waals surface area contributed by atoms with Crippen molar-refractivity contribution in [2.24, 2.45) is 0 Å². The normalized spacial score (nSPS) is 10.6. The Hall–Kier alpha value is -0.920. The van der Waals surface area contributed by atoms with E-state index >= 15 is 0 Å². The summed E-state index contributed by atoms with van der Waals surface area (Å²) in [6.45, 7) is 0.548. The molecule has 0 saturated heterocycles. The third kappa shape index (κ3) is 3.21. The number of benzene rings is 1. The minimum atomic E-state index is -1.16. The molecule has 0 spiro atoms. The van der Waals surface area contributed by atoms with Crippen LogP contribution in [0.25, 0.3) is 0 Å². The second-order valence-electron chi connectivity index (χ2n) is 4.15. The first-order valence-electron chi connectivity index (χ1n) is 5.55. The zero-order chi connectivity index (χ0) is 14.9. The van der Waals surface area contributed by atoms with Crippen LogP contribution in [0.2, 0.25) is 0 Å². The van der Waals surface area contributed by atoms with Gasteiger partial charge in [-0.15, -0.1) is 11.3 Å². The Morgan fingerprint density at radius 2 is 2.15 bits per heavy atom. The van der Waals surface area contributed by atoms with Crippen molar-refractivity contribution in [3.63, 3.8) is 0 Å². The van der Waals surface area contributed by atoms with Crippen LogP contribution in [0, 0.1) is 5.82 Å². The van der Waals surface area contributed by atoms with Crippen molar-refractivity contribution in [2.45, 2.75) is 6.54 Å². The van der Waals surface area contributed by atoms with Crippen molar-refractivity contribution in [3.05, 3.63) is 48.8 Å². The lowest BCUT2D eigenvalue weighted by molar-refractivity contribution is 0.0695. The number of thiophene rings is 1. The molecule has 0 radical (unpaired) electrons. The zero-order valence-electron chi connectivity index (χ0n) is 10.4. The van der Waals surface area contributed by atoms with Crippen molar-refractivity contribution in [3.8, 4) is 0 Å². The van der Waals surface area contributed by atoms with Crippen LogP contribution in [0.3, 0.4) is 0 Å². The van der Waals surface area contributed by atoms with E-state index in [1.165, 1.54) is 12.1 Å². The maximum atomic E-state index is 14.2. The molecule has 2 rings (SSSR count). The summed E-state index contributed by atoms with van der Waals surface area (Å²) >= 11 is 7.95. The van der Waals surface area contributed by atoms with E-state index in [0.29, 0.717) is 12.2 Å². The van der Waals surface area contributed by atoms with Gasteiger partial charge in [0.1, 0.15) is 0 Å². The van der Waals surface area contributed by atoms with Crippen LogP contribution in [-0.2, 0) is 6.54 Å². The van der Waals surface area contributed by atoms with Gasteiger partial charge in [-0.2, -0.15) is 0 Å². The number of halogens is 3. The number of anilines is 1. The Morgan fingerprint density at radius 1 is 1.45 bits per heavy atom. The van der Waals surface area contributed by atoms with Gasteiger partial charge in [0, 0.05) is 21.8 Å². The topological polar surface area (TPSA) is 40.5 Å². The summed E-state index contributed by atoms with van der Waals surface area (Å²) in [6, 6.07) is 4.84. The van der Waals surface area contributed by atoms with Gasteiger partial charge in [-0.1, -0.05) is 0 Å². The molecule has 0 atom stereocenters. The highest BCUT2D eigenvalue weighted by atomic mass is 79.9. The minimum absolute atomic E-state index is 0.0262. The second kappa shape index (κ2) is 6.24. The number of hydrogen-bond acceptors (Lipinski definition) is 3. The summed E-state index contributed by atoms with van der Waals surface area (Å²) in [5.74, 6) is -1.73. The van der Waals surface area contributed by atoms with Crippen LogP contribution in [-0.4, -0.2) is 18.1 Å². The lowest BCUT2D eigenvalue weighted by Gasteiger charge is -2.20. The van der Waals surface area contributed by atoms with E-state index < -0.39 is 11.8 Å². The summed E-state index contributed by atoms with van der Waals surface area (Å²) in [4.78, 5) is 13.8. The summed E-state index contributed by atoms with van der Waals surface area (Å²) < 4.78 is 15.2. The van der Waals surface area contributed by atoms with E-state index in [4.69, 9.17) is 5.11 Å². The largest absolute Gasteiger partial charge is 0.478 e. The average molecular weight is 423 g/mol. The highest BCUT2D eigenvalue weighted by Gasteiger charge is 2.18. The smallest absolute Gasteiger partial charge is 0.336 e. The molecule has 106 valence electrons. The lowest BCUT2D eigenvalue weighted by atomic mass is 10.2. The third-order valence-corrected chi connectivity index (χ3v) is 5.18. The van der Waals surface area contributed by atoms with Crippen molar-refractivity contribution >= 4 is 54.9 Å². The number of nitrogens with zero attached hydrogens (tertiary/aromatic N) is 1. The Kier molecular flexibility index (Phi) is 4.82. The van der Waals surface area contributed by atoms with Crippen molar-refractivity contribution < 1.29 is 14.3 Å². The summed E-state index contributed by atoms with van der Waals surface area (Å²) in [5.41, 5.74) is 0.268. The Morgan fingerprint density at radius 3 is 2.70 bits per heavy atom. The Labute approximate surface area is 136 Å². The molecule has 0 saturated carbocycles. The van der Waals surface area contributed by atoms with Gasteiger partial charge in [-0.05, 0) is 50.1 Å². The SMILES string of the molecule is CN(Cc1cc(Br)cs1)c1ccc(C(=O)O)c(Br)c1F. The number of rotatable bonds is 4. The summed E-state index contributed by atoms with van der Waals surface area (Å²) in [5, 5.41) is 10.9. The molecule has 1 aromatic carbocycles. The maximum Gasteiger partial charge on any atom is 0.336 e. The predicted molar refractivity (Wildman–Crippen MR) is 85.2 cm³/mol. The molecule has 20 heavy (non-hydrogen) atoms. The quantitative estimate of drug-likeness (QED) is 0.772. The molecular formula is C13H10Br2FNO2S. The molecule has 0 amide bonds. The van der Waals surface area contributed by atoms with Crippen LogP contribution in [0.1, 0.15) is 15.2 Å². The van der Waals surface area contributed by atoms with Gasteiger partial charge >= 0.3 is 5.97 Å². The fraction of sp³-hybridized carbons (Fsp3) is 0.154. The first-order chi connectivity index (χ1) is 9.40. The standard InChI is InChI=1S/C13H10Br2FNO2S/c1-17(5-8-4-7(14)6-20-8)10-3-2-9(13(18)19)11(15)12(10)16/h2-4,6H,5H2,1H3,(H,18,19). The average Bonchev–Trinajstić information content (AvgIpc) is 2.77. The molecule has 0 aliphatic carbocycles. The molecule has 7 heteroatoms. The summed E-state index contributed by atoms with van der Waals surface area (Å²) in [6.07, 6.45) is 0. The number of carboxylic acid groups (broad SMARTS) is 1. The molecule has 0 unspecified atom stereocenters. The van der Waals surface area contributed by atoms with Crippen molar-refractivity contribution in [1.82, 2.24) is 0 Å². The highest BCUT2D eigenvalue weighted by Crippen LogP contribution is 2.30. The van der Waals surface area contributed by atoms with Gasteiger partial charge < -0.3 is 10.0 Å². The third-order valence-electron chi connectivity index (χ3n) is 2.72. The van der Waals surface area contributed by atoms with Gasteiger partial charge in [0.15, 0.2) is 5.82 Å². The van der Waals surface area contributed by atoms with E-state index in [1.807, 2.05) is 11.4 Å². The van der Waals surface area contributed by atoms with Crippen molar-refractivity contribution in [1.29, 1.82) is 0 Å². The highest BCUT2D eigenvalue weighted by molar-refractivity contribution is 9.10. The van der Waals surface area contributed by atoms with Gasteiger partial charge in [0.25, 0.3) is 0 Å². The van der Waals surface area contributed by atoms with E-state index in [9.17, 15) is 9.18 Å². The number of hydrogen-bond donors (Lipinski definition) is 1. The monoisotopic (exact) mass is 421 g/mol. The van der Waals surface area contributed by atoms with Crippen LogP contribution >= 0.6 is 43.2 Å². The van der Waals surface area contributed by atoms with Gasteiger partial charge in [0.05, 0.1) is 22.3 Å². The maximum absolute atomic E-state index is 14.2. The molecule has 1 aromatic heterocycles. The zero-order valence-corrected chi connectivity index (χ0v) is 14.3. The fourth-order valence-corrected chi connectivity index (χ4v) is 3.76. The first-order valence-corrected chi connectivity index (χ1v) is 8.02. The minimum Gasteiger partial charge on any atom is -0.478 e. The van der Waals surface area contributed by atoms with Crippen LogP contribution in [0.4, 0.5) is 10.1 Å². The molecule has 0 bridgehead atoms. The lowest BCUT2D eigenvalue weighted by Crippen LogP contribution is -2.17. The number of carbonyl (C=O) groups is 1. The number of aromatic carboxylic acids is 1. The second-order valence-corrected chi connectivity index (χ2v) is 6.86. The molecular weight excluding hydrogens is 413 g/mol. The van der Waals surface area contributed by atoms with Crippen LogP contribution in [0.15, 0.2) is 32.5 Å². The number of carboxylic acids is 1. The van der Waals surface area contributed by atoms with Crippen molar-refractivity contribution in [2.75, 3.05) is 11.9 Å². The molecule has 0 aliphatic rings. The van der Waals surface area contributed by atoms with E-state index in [-0.39, 0.29) is 10.0 Å². The Balaban J connectivity index is 2.28. The van der Waals surface area contributed by atoms with Gasteiger partial charge in [-0.3, -0.25) is 0 Å². The predicted octanol–water partition coefficient (Wildman–Crippen LogP) is 4.75. The fourth-order valence-electron chi connectivity index (χ4n) is 1.75. The van der Waals surface area contributed by atoms with E-state index in [1.54, 1.807) is 23.3 Å². The molecule has 1 heterocycles. The van der Waals surface area contributed by atoms with Gasteiger partial charge in [0.2, 0.25) is 0 Å². The first kappa shape index (κ1) is 15.5. The summed E-state index contributed by atoms with van der Waals surface area (Å²) in [7, 11) is 1.76. The molecule has 3 nitrogen and oxygen atoms in total. The molecule has 2 aromatic rings. The van der Waals surface area contributed by atoms with Crippen LogP contribution in [0.5, 0.6) is 0 Å². The van der Waals surface area contributed by atoms with Gasteiger partial charge in [-0.25, -0.2) is 9.18 Å². The molecule has 1 N–H and O–H groups in total. The van der Waals surface area contributed by atoms with Crippen LogP contribution < -0.4 is 4.90 Å².